The van der Waals surface area contributed by atoms with Crippen LogP contribution in [-0.4, -0.2) is 62.1 Å². The van der Waals surface area contributed by atoms with Crippen LogP contribution in [0.15, 0.2) is 30.7 Å². The number of benzene rings is 1. The van der Waals surface area contributed by atoms with Gasteiger partial charge in [0, 0.05) is 43.5 Å². The minimum absolute atomic E-state index is 0.0594. The molecule has 3 aromatic rings. The number of hydrogen-bond donors (Lipinski definition) is 3. The fourth-order valence-electron chi connectivity index (χ4n) is 4.96. The molecule has 2 aliphatic heterocycles. The van der Waals surface area contributed by atoms with Gasteiger partial charge < -0.3 is 25.2 Å². The SMILES string of the molecule is Cc1cnc2c(C(=O)Nc3cc4c(cc3N3CCC(C(C)(C)O)CC3)OC(CO)C4)cnn2c1. The summed E-state index contributed by atoms with van der Waals surface area (Å²) < 4.78 is 7.52. The van der Waals surface area contributed by atoms with Crippen LogP contribution in [0.5, 0.6) is 5.75 Å². The van der Waals surface area contributed by atoms with Gasteiger partial charge in [-0.15, -0.1) is 0 Å². The zero-order valence-corrected chi connectivity index (χ0v) is 19.8. The van der Waals surface area contributed by atoms with Gasteiger partial charge in [-0.05, 0) is 51.2 Å². The summed E-state index contributed by atoms with van der Waals surface area (Å²) in [6.45, 7) is 7.12. The highest BCUT2D eigenvalue weighted by Gasteiger charge is 2.33. The van der Waals surface area contributed by atoms with Crippen LogP contribution in [0.4, 0.5) is 11.4 Å². The lowest BCUT2D eigenvalue weighted by molar-refractivity contribution is 0.00652. The monoisotopic (exact) mass is 465 g/mol. The van der Waals surface area contributed by atoms with Crippen molar-refractivity contribution in [2.75, 3.05) is 29.9 Å². The molecule has 0 spiro atoms. The van der Waals surface area contributed by atoms with Gasteiger partial charge >= 0.3 is 0 Å². The Morgan fingerprint density at radius 1 is 1.26 bits per heavy atom. The van der Waals surface area contributed by atoms with Crippen molar-refractivity contribution in [2.24, 2.45) is 5.92 Å². The molecule has 0 saturated carbocycles. The number of nitrogens with zero attached hydrogens (tertiary/aromatic N) is 4. The van der Waals surface area contributed by atoms with E-state index in [9.17, 15) is 15.0 Å². The first-order valence-electron chi connectivity index (χ1n) is 11.8. The zero-order valence-electron chi connectivity index (χ0n) is 19.8. The van der Waals surface area contributed by atoms with Crippen LogP contribution >= 0.6 is 0 Å². The van der Waals surface area contributed by atoms with Gasteiger partial charge in [0.15, 0.2) is 5.65 Å². The fraction of sp³-hybridized carbons (Fsp3) is 0.480. The number of carbonyl (C=O) groups excluding carboxylic acids is 1. The number of aliphatic hydroxyl groups excluding tert-OH is 1. The molecule has 180 valence electrons. The maximum absolute atomic E-state index is 13.3. The van der Waals surface area contributed by atoms with Crippen molar-refractivity contribution >= 4 is 22.9 Å². The molecule has 0 radical (unpaired) electrons. The van der Waals surface area contributed by atoms with E-state index in [1.165, 1.54) is 6.20 Å². The third-order valence-electron chi connectivity index (χ3n) is 6.94. The highest BCUT2D eigenvalue weighted by atomic mass is 16.5. The molecule has 4 heterocycles. The molecule has 1 fully saturated rings. The summed E-state index contributed by atoms with van der Waals surface area (Å²) >= 11 is 0. The van der Waals surface area contributed by atoms with Crippen molar-refractivity contribution in [1.29, 1.82) is 0 Å². The highest BCUT2D eigenvalue weighted by molar-refractivity contribution is 6.09. The van der Waals surface area contributed by atoms with Crippen LogP contribution in [0.2, 0.25) is 0 Å². The van der Waals surface area contributed by atoms with Crippen molar-refractivity contribution in [2.45, 2.75) is 51.7 Å². The van der Waals surface area contributed by atoms with Crippen molar-refractivity contribution in [3.8, 4) is 5.75 Å². The number of rotatable bonds is 5. The fourth-order valence-corrected chi connectivity index (χ4v) is 4.96. The number of fused-ring (bicyclic) bond motifs is 2. The minimum atomic E-state index is -0.715. The van der Waals surface area contributed by atoms with Gasteiger partial charge in [-0.25, -0.2) is 9.50 Å². The second-order valence-corrected chi connectivity index (χ2v) is 9.93. The van der Waals surface area contributed by atoms with E-state index in [4.69, 9.17) is 4.74 Å². The maximum atomic E-state index is 13.3. The first-order chi connectivity index (χ1) is 16.2. The van der Waals surface area contributed by atoms with E-state index in [0.29, 0.717) is 23.3 Å². The summed E-state index contributed by atoms with van der Waals surface area (Å²) in [4.78, 5) is 19.9. The predicted molar refractivity (Wildman–Crippen MR) is 129 cm³/mol. The molecular weight excluding hydrogens is 434 g/mol. The number of carbonyl (C=O) groups is 1. The molecule has 1 atom stereocenters. The van der Waals surface area contributed by atoms with Crippen LogP contribution in [0.3, 0.4) is 0 Å². The predicted octanol–water partition coefficient (Wildman–Crippen LogP) is 2.57. The van der Waals surface area contributed by atoms with Crippen LogP contribution < -0.4 is 15.0 Å². The Balaban J connectivity index is 1.45. The van der Waals surface area contributed by atoms with E-state index < -0.39 is 5.60 Å². The highest BCUT2D eigenvalue weighted by Crippen LogP contribution is 2.40. The lowest BCUT2D eigenvalue weighted by Gasteiger charge is -2.39. The number of aryl methyl sites for hydroxylation is 1. The molecule has 5 rings (SSSR count). The van der Waals surface area contributed by atoms with E-state index in [1.807, 2.05) is 39.1 Å². The standard InChI is InChI=1S/C25H31N5O4/c1-15-11-26-23-19(12-27-30(23)13-15)24(32)28-20-9-16-8-18(14-31)34-22(16)10-21(20)29-6-4-17(5-7-29)25(2,3)33/h9-13,17-18,31,33H,4-8,14H2,1-3H3,(H,28,32). The molecule has 1 unspecified atom stereocenters. The number of amides is 1. The Hall–Kier alpha value is -3.17. The number of anilines is 2. The van der Waals surface area contributed by atoms with Gasteiger partial charge in [-0.3, -0.25) is 4.79 Å². The summed E-state index contributed by atoms with van der Waals surface area (Å²) in [6, 6.07) is 3.91. The summed E-state index contributed by atoms with van der Waals surface area (Å²) in [5.41, 5.74) is 3.67. The second kappa shape index (κ2) is 8.56. The first kappa shape index (κ1) is 22.6. The quantitative estimate of drug-likeness (QED) is 0.531. The van der Waals surface area contributed by atoms with E-state index in [1.54, 1.807) is 10.7 Å². The molecule has 1 amide bonds. The van der Waals surface area contributed by atoms with Gasteiger partial charge in [-0.2, -0.15) is 5.10 Å². The summed E-state index contributed by atoms with van der Waals surface area (Å²) in [5.74, 6) is 0.681. The summed E-state index contributed by atoms with van der Waals surface area (Å²) in [7, 11) is 0. The lowest BCUT2D eigenvalue weighted by Crippen LogP contribution is -2.42. The van der Waals surface area contributed by atoms with E-state index >= 15 is 0 Å². The average Bonchev–Trinajstić information content (AvgIpc) is 3.41. The summed E-state index contributed by atoms with van der Waals surface area (Å²) in [6.07, 6.45) is 7.10. The number of aromatic nitrogens is 3. The van der Waals surface area contributed by atoms with Gasteiger partial charge in [0.2, 0.25) is 0 Å². The van der Waals surface area contributed by atoms with Crippen LogP contribution in [0.25, 0.3) is 5.65 Å². The van der Waals surface area contributed by atoms with Gasteiger partial charge in [0.25, 0.3) is 5.91 Å². The van der Waals surface area contributed by atoms with Gasteiger partial charge in [0.05, 0.1) is 29.8 Å². The third kappa shape index (κ3) is 4.21. The van der Waals surface area contributed by atoms with Crippen LogP contribution in [0.1, 0.15) is 48.2 Å². The van der Waals surface area contributed by atoms with Crippen molar-refractivity contribution < 1.29 is 19.7 Å². The van der Waals surface area contributed by atoms with Crippen molar-refractivity contribution in [3.63, 3.8) is 0 Å². The molecule has 34 heavy (non-hydrogen) atoms. The molecule has 1 saturated heterocycles. The average molecular weight is 466 g/mol. The number of piperidine rings is 1. The Kier molecular flexibility index (Phi) is 5.69. The van der Waals surface area contributed by atoms with Gasteiger partial charge in [-0.1, -0.05) is 0 Å². The first-order valence-corrected chi connectivity index (χ1v) is 11.8. The van der Waals surface area contributed by atoms with Crippen LogP contribution in [-0.2, 0) is 6.42 Å². The molecule has 2 aliphatic rings. The Morgan fingerprint density at radius 2 is 2.03 bits per heavy atom. The molecule has 0 bridgehead atoms. The number of ether oxygens (including phenoxy) is 1. The molecular formula is C25H31N5O4. The number of nitrogens with one attached hydrogen (secondary N) is 1. The summed E-state index contributed by atoms with van der Waals surface area (Å²) in [5, 5.41) is 27.4. The van der Waals surface area contributed by atoms with E-state index in [-0.39, 0.29) is 24.5 Å². The van der Waals surface area contributed by atoms with E-state index in [2.05, 4.69) is 20.3 Å². The van der Waals surface area contributed by atoms with E-state index in [0.717, 1.165) is 48.5 Å². The molecule has 1 aromatic carbocycles. The van der Waals surface area contributed by atoms with Crippen molar-refractivity contribution in [3.05, 3.63) is 47.4 Å². The number of aliphatic hydroxyl groups is 2. The Bertz CT molecular complexity index is 1220. The third-order valence-corrected chi connectivity index (χ3v) is 6.94. The molecule has 9 heteroatoms. The van der Waals surface area contributed by atoms with Crippen molar-refractivity contribution in [1.82, 2.24) is 14.6 Å². The smallest absolute Gasteiger partial charge is 0.261 e. The largest absolute Gasteiger partial charge is 0.487 e. The van der Waals surface area contributed by atoms with Gasteiger partial charge in [0.1, 0.15) is 17.4 Å². The Labute approximate surface area is 198 Å². The minimum Gasteiger partial charge on any atom is -0.487 e. The maximum Gasteiger partial charge on any atom is 0.261 e. The molecule has 2 aromatic heterocycles. The number of hydrogen-bond acceptors (Lipinski definition) is 7. The molecule has 3 N–H and O–H groups in total. The van der Waals surface area contributed by atoms with Crippen LogP contribution in [0, 0.1) is 12.8 Å². The Morgan fingerprint density at radius 3 is 2.74 bits per heavy atom. The second-order valence-electron chi connectivity index (χ2n) is 9.93. The lowest BCUT2D eigenvalue weighted by atomic mass is 9.83. The molecule has 0 aliphatic carbocycles. The molecule has 9 nitrogen and oxygen atoms in total. The topological polar surface area (TPSA) is 112 Å². The normalized spacial score (nSPS) is 18.7. The zero-order chi connectivity index (χ0) is 24.0.